The Bertz CT molecular complexity index is 676. The number of aliphatic carboxylic acids is 1. The summed E-state index contributed by atoms with van der Waals surface area (Å²) >= 11 is 0. The molecule has 0 saturated heterocycles. The molecule has 0 spiro atoms. The number of benzene rings is 1. The summed E-state index contributed by atoms with van der Waals surface area (Å²) < 4.78 is 1.59. The number of rotatable bonds is 4. The van der Waals surface area contributed by atoms with Gasteiger partial charge in [-0.15, -0.1) is 0 Å². The fourth-order valence-electron chi connectivity index (χ4n) is 2.00. The third-order valence-electron chi connectivity index (χ3n) is 3.21. The van der Waals surface area contributed by atoms with Crippen molar-refractivity contribution < 1.29 is 9.90 Å². The van der Waals surface area contributed by atoms with Crippen molar-refractivity contribution in [2.45, 2.75) is 6.42 Å². The van der Waals surface area contributed by atoms with Gasteiger partial charge in [0, 0.05) is 37.8 Å². The first-order valence-corrected chi connectivity index (χ1v) is 6.02. The number of aryl methyl sites for hydroxylation is 1. The molecule has 0 fully saturated rings. The number of carboxylic acid groups (broad SMARTS) is 1. The van der Waals surface area contributed by atoms with E-state index in [1.165, 1.54) is 6.07 Å². The summed E-state index contributed by atoms with van der Waals surface area (Å²) in [6, 6.07) is 9.04. The minimum absolute atomic E-state index is 0.0421. The molecule has 0 aliphatic carbocycles. The minimum Gasteiger partial charge on any atom is -0.481 e. The third-order valence-corrected chi connectivity index (χ3v) is 3.21. The van der Waals surface area contributed by atoms with Crippen LogP contribution in [0.25, 0.3) is 10.9 Å². The molecule has 0 bridgehead atoms. The van der Waals surface area contributed by atoms with Crippen molar-refractivity contribution in [2.75, 3.05) is 18.5 Å². The van der Waals surface area contributed by atoms with Gasteiger partial charge >= 0.3 is 5.97 Å². The average molecular weight is 260 g/mol. The molecule has 2 aromatic rings. The highest BCUT2D eigenvalue weighted by Crippen LogP contribution is 2.20. The zero-order valence-corrected chi connectivity index (χ0v) is 11.0. The zero-order chi connectivity index (χ0) is 14.0. The second kappa shape index (κ2) is 5.14. The van der Waals surface area contributed by atoms with Gasteiger partial charge in [-0.1, -0.05) is 0 Å². The van der Waals surface area contributed by atoms with Crippen LogP contribution < -0.4 is 10.5 Å². The maximum absolute atomic E-state index is 11.5. The van der Waals surface area contributed by atoms with Crippen LogP contribution in [0.5, 0.6) is 0 Å². The topological polar surface area (TPSA) is 62.5 Å². The van der Waals surface area contributed by atoms with E-state index in [0.717, 1.165) is 16.6 Å². The summed E-state index contributed by atoms with van der Waals surface area (Å²) in [4.78, 5) is 24.0. The third kappa shape index (κ3) is 2.76. The first kappa shape index (κ1) is 13.1. The molecule has 1 aromatic heterocycles. The van der Waals surface area contributed by atoms with Gasteiger partial charge in [-0.25, -0.2) is 0 Å². The van der Waals surface area contributed by atoms with Crippen LogP contribution in [0.2, 0.25) is 0 Å². The van der Waals surface area contributed by atoms with Crippen LogP contribution in [0.3, 0.4) is 0 Å². The predicted molar refractivity (Wildman–Crippen MR) is 74.7 cm³/mol. The zero-order valence-electron chi connectivity index (χ0n) is 11.0. The highest BCUT2D eigenvalue weighted by molar-refractivity contribution is 5.83. The molecule has 5 nitrogen and oxygen atoms in total. The minimum atomic E-state index is -0.810. The van der Waals surface area contributed by atoms with Gasteiger partial charge in [-0.2, -0.15) is 0 Å². The van der Waals surface area contributed by atoms with Gasteiger partial charge in [0.1, 0.15) is 0 Å². The van der Waals surface area contributed by atoms with E-state index < -0.39 is 5.97 Å². The van der Waals surface area contributed by atoms with E-state index in [-0.39, 0.29) is 12.0 Å². The molecule has 2 rings (SSSR count). The molecule has 100 valence electrons. The van der Waals surface area contributed by atoms with Gasteiger partial charge in [-0.05, 0) is 24.3 Å². The number of anilines is 1. The molecule has 0 aliphatic heterocycles. The maximum atomic E-state index is 11.5. The molecule has 1 aromatic carbocycles. The van der Waals surface area contributed by atoms with Crippen LogP contribution in [-0.2, 0) is 11.8 Å². The molecule has 0 unspecified atom stereocenters. The molecule has 19 heavy (non-hydrogen) atoms. The Balaban J connectivity index is 2.34. The van der Waals surface area contributed by atoms with Crippen molar-refractivity contribution in [1.82, 2.24) is 4.57 Å². The second-order valence-corrected chi connectivity index (χ2v) is 4.54. The van der Waals surface area contributed by atoms with Crippen molar-refractivity contribution in [3.8, 4) is 0 Å². The van der Waals surface area contributed by atoms with Gasteiger partial charge in [0.15, 0.2) is 0 Å². The first-order chi connectivity index (χ1) is 8.99. The Morgan fingerprint density at radius 1 is 1.32 bits per heavy atom. The summed E-state index contributed by atoms with van der Waals surface area (Å²) in [6.07, 6.45) is 0.0990. The fourth-order valence-corrected chi connectivity index (χ4v) is 2.00. The Kier molecular flexibility index (Phi) is 3.55. The van der Waals surface area contributed by atoms with Crippen LogP contribution in [0.15, 0.2) is 35.1 Å². The van der Waals surface area contributed by atoms with E-state index >= 15 is 0 Å². The number of pyridine rings is 1. The quantitative estimate of drug-likeness (QED) is 0.903. The van der Waals surface area contributed by atoms with E-state index in [0.29, 0.717) is 6.54 Å². The van der Waals surface area contributed by atoms with Crippen LogP contribution >= 0.6 is 0 Å². The number of carboxylic acids is 1. The molecule has 0 amide bonds. The molecule has 1 N–H and O–H groups in total. The molecule has 0 atom stereocenters. The molecule has 1 heterocycles. The fraction of sp³-hybridized carbons (Fsp3) is 0.286. The Labute approximate surface area is 110 Å². The SMILES string of the molecule is CN(CCC(=O)O)c1ccc2c(ccc(=O)n2C)c1. The molecule has 5 heteroatoms. The lowest BCUT2D eigenvalue weighted by atomic mass is 10.2. The normalized spacial score (nSPS) is 10.6. The van der Waals surface area contributed by atoms with Crippen LogP contribution in [0.4, 0.5) is 5.69 Å². The number of fused-ring (bicyclic) bond motifs is 1. The number of carbonyl (C=O) groups is 1. The summed E-state index contributed by atoms with van der Waals surface area (Å²) in [6.45, 7) is 0.451. The van der Waals surface area contributed by atoms with E-state index in [2.05, 4.69) is 0 Å². The van der Waals surface area contributed by atoms with Crippen molar-refractivity contribution >= 4 is 22.6 Å². The smallest absolute Gasteiger partial charge is 0.305 e. The molecule has 0 aliphatic rings. The summed E-state index contributed by atoms with van der Waals surface area (Å²) in [5.41, 5.74) is 1.76. The lowest BCUT2D eigenvalue weighted by molar-refractivity contribution is -0.136. The van der Waals surface area contributed by atoms with E-state index in [9.17, 15) is 9.59 Å². The second-order valence-electron chi connectivity index (χ2n) is 4.54. The monoisotopic (exact) mass is 260 g/mol. The van der Waals surface area contributed by atoms with Gasteiger partial charge in [0.2, 0.25) is 0 Å². The van der Waals surface area contributed by atoms with Crippen LogP contribution in [0, 0.1) is 0 Å². The van der Waals surface area contributed by atoms with Gasteiger partial charge in [0.05, 0.1) is 11.9 Å². The Morgan fingerprint density at radius 2 is 2.05 bits per heavy atom. The number of hydrogen-bond donors (Lipinski definition) is 1. The number of hydrogen-bond acceptors (Lipinski definition) is 3. The lowest BCUT2D eigenvalue weighted by Gasteiger charge is -2.19. The first-order valence-electron chi connectivity index (χ1n) is 6.02. The average Bonchev–Trinajstić information content (AvgIpc) is 2.40. The van der Waals surface area contributed by atoms with Crippen molar-refractivity contribution in [2.24, 2.45) is 7.05 Å². The van der Waals surface area contributed by atoms with Crippen LogP contribution in [-0.4, -0.2) is 29.2 Å². The highest BCUT2D eigenvalue weighted by atomic mass is 16.4. The predicted octanol–water partition coefficient (Wildman–Crippen LogP) is 1.45. The molecule has 0 saturated carbocycles. The van der Waals surface area contributed by atoms with Crippen molar-refractivity contribution in [1.29, 1.82) is 0 Å². The Morgan fingerprint density at radius 3 is 2.74 bits per heavy atom. The lowest BCUT2D eigenvalue weighted by Crippen LogP contribution is -2.21. The summed E-state index contributed by atoms with van der Waals surface area (Å²) in [7, 11) is 3.59. The highest BCUT2D eigenvalue weighted by Gasteiger charge is 2.06. The van der Waals surface area contributed by atoms with Crippen molar-refractivity contribution in [3.63, 3.8) is 0 Å². The van der Waals surface area contributed by atoms with Crippen molar-refractivity contribution in [3.05, 3.63) is 40.7 Å². The van der Waals surface area contributed by atoms with Gasteiger partial charge < -0.3 is 14.6 Å². The standard InChI is InChI=1S/C14H16N2O3/c1-15(8-7-14(18)19)11-4-5-12-10(9-11)3-6-13(17)16(12)2/h3-6,9H,7-8H2,1-2H3,(H,18,19). The van der Waals surface area contributed by atoms with E-state index in [4.69, 9.17) is 5.11 Å². The maximum Gasteiger partial charge on any atom is 0.305 e. The number of aromatic nitrogens is 1. The van der Waals surface area contributed by atoms with E-state index in [1.54, 1.807) is 17.7 Å². The van der Waals surface area contributed by atoms with Gasteiger partial charge in [0.25, 0.3) is 5.56 Å². The van der Waals surface area contributed by atoms with Crippen LogP contribution in [0.1, 0.15) is 6.42 Å². The number of nitrogens with zero attached hydrogens (tertiary/aromatic N) is 2. The van der Waals surface area contributed by atoms with E-state index in [1.807, 2.05) is 30.1 Å². The van der Waals surface area contributed by atoms with Gasteiger partial charge in [-0.3, -0.25) is 9.59 Å². The molecular formula is C14H16N2O3. The molecule has 0 radical (unpaired) electrons. The molecular weight excluding hydrogens is 244 g/mol. The summed E-state index contributed by atoms with van der Waals surface area (Å²) in [5, 5.41) is 9.64. The largest absolute Gasteiger partial charge is 0.481 e. The Hall–Kier alpha value is -2.30. The summed E-state index contributed by atoms with van der Waals surface area (Å²) in [5.74, 6) is -0.810.